The molecule has 0 fully saturated rings. The predicted octanol–water partition coefficient (Wildman–Crippen LogP) is 4.33. The van der Waals surface area contributed by atoms with Crippen molar-refractivity contribution in [2.24, 2.45) is 0 Å². The van der Waals surface area contributed by atoms with Gasteiger partial charge < -0.3 is 4.74 Å². The smallest absolute Gasteiger partial charge is 0.291 e. The van der Waals surface area contributed by atoms with Crippen LogP contribution in [0.25, 0.3) is 0 Å². The lowest BCUT2D eigenvalue weighted by molar-refractivity contribution is -0.118. The number of aromatic nitrogens is 2. The molecule has 0 spiro atoms. The topological polar surface area (TPSA) is 61.2 Å². The first kappa shape index (κ1) is 17.5. The summed E-state index contributed by atoms with van der Waals surface area (Å²) in [4.78, 5) is 23.8. The number of carbonyl (C=O) groups is 1. The second kappa shape index (κ2) is 6.70. The van der Waals surface area contributed by atoms with Crippen LogP contribution in [-0.4, -0.2) is 15.6 Å². The molecular weight excluding hydrogens is 463 g/mol. The summed E-state index contributed by atoms with van der Waals surface area (Å²) in [6.07, 6.45) is 1.25. The number of hydrogen-bond donors (Lipinski definition) is 0. The van der Waals surface area contributed by atoms with Gasteiger partial charge >= 0.3 is 0 Å². The molecule has 0 aliphatic heterocycles. The SMILES string of the molecule is CC(=O)C(Br)(Br)n1ncc(Oc2ccc(Cl)cc2)c(Cl)c1=O. The van der Waals surface area contributed by atoms with Gasteiger partial charge in [0.1, 0.15) is 5.75 Å². The largest absolute Gasteiger partial charge is 0.454 e. The quantitative estimate of drug-likeness (QED) is 0.624. The van der Waals surface area contributed by atoms with Crippen molar-refractivity contribution in [3.63, 3.8) is 0 Å². The number of carbonyl (C=O) groups excluding carboxylic acids is 1. The van der Waals surface area contributed by atoms with E-state index >= 15 is 0 Å². The first-order valence-electron chi connectivity index (χ1n) is 5.84. The van der Waals surface area contributed by atoms with E-state index < -0.39 is 8.92 Å². The number of Topliss-reactive ketones (excluding diaryl/α,β-unsaturated/α-hetero) is 1. The van der Waals surface area contributed by atoms with E-state index in [1.165, 1.54) is 13.1 Å². The Labute approximate surface area is 152 Å². The Morgan fingerprint density at radius 1 is 1.27 bits per heavy atom. The molecule has 0 N–H and O–H groups in total. The molecule has 0 atom stereocenters. The van der Waals surface area contributed by atoms with Crippen LogP contribution in [0.5, 0.6) is 11.5 Å². The molecule has 1 aromatic carbocycles. The highest BCUT2D eigenvalue weighted by Crippen LogP contribution is 2.33. The average molecular weight is 471 g/mol. The molecule has 0 saturated carbocycles. The van der Waals surface area contributed by atoms with Gasteiger partial charge in [0, 0.05) is 5.02 Å². The van der Waals surface area contributed by atoms with Crippen molar-refractivity contribution < 1.29 is 9.53 Å². The molecule has 1 aromatic heterocycles. The van der Waals surface area contributed by atoms with Gasteiger partial charge in [-0.15, -0.1) is 0 Å². The maximum absolute atomic E-state index is 12.2. The van der Waals surface area contributed by atoms with E-state index in [1.807, 2.05) is 0 Å². The molecule has 9 heteroatoms. The van der Waals surface area contributed by atoms with Gasteiger partial charge in [-0.25, -0.2) is 0 Å². The molecule has 2 rings (SSSR count). The first-order valence-corrected chi connectivity index (χ1v) is 8.18. The highest BCUT2D eigenvalue weighted by Gasteiger charge is 2.34. The van der Waals surface area contributed by atoms with Crippen LogP contribution in [0.3, 0.4) is 0 Å². The fraction of sp³-hybridized carbons (Fsp3) is 0.154. The summed E-state index contributed by atoms with van der Waals surface area (Å²) in [6.45, 7) is 1.30. The summed E-state index contributed by atoms with van der Waals surface area (Å²) in [6, 6.07) is 6.52. The number of rotatable bonds is 4. The molecule has 5 nitrogen and oxygen atoms in total. The number of alkyl halides is 2. The minimum atomic E-state index is -1.46. The van der Waals surface area contributed by atoms with Crippen molar-refractivity contribution in [3.8, 4) is 11.5 Å². The highest BCUT2D eigenvalue weighted by atomic mass is 79.9. The van der Waals surface area contributed by atoms with Crippen LogP contribution in [0.2, 0.25) is 10.0 Å². The highest BCUT2D eigenvalue weighted by molar-refractivity contribution is 9.25. The fourth-order valence-electron chi connectivity index (χ4n) is 1.47. The fourth-order valence-corrected chi connectivity index (χ4v) is 2.27. The van der Waals surface area contributed by atoms with Crippen LogP contribution in [0.1, 0.15) is 6.92 Å². The summed E-state index contributed by atoms with van der Waals surface area (Å²) in [5.74, 6) is 0.148. The zero-order chi connectivity index (χ0) is 16.5. The van der Waals surface area contributed by atoms with Crippen LogP contribution >= 0.6 is 55.1 Å². The summed E-state index contributed by atoms with van der Waals surface area (Å²) < 4.78 is 4.91. The molecule has 22 heavy (non-hydrogen) atoms. The van der Waals surface area contributed by atoms with E-state index in [4.69, 9.17) is 27.9 Å². The van der Waals surface area contributed by atoms with Crippen LogP contribution in [0, 0.1) is 0 Å². The molecule has 0 radical (unpaired) electrons. The molecule has 0 saturated heterocycles. The van der Waals surface area contributed by atoms with Gasteiger partial charge in [-0.05, 0) is 63.0 Å². The lowest BCUT2D eigenvalue weighted by atomic mass is 10.3. The van der Waals surface area contributed by atoms with Crippen LogP contribution in [0.15, 0.2) is 35.3 Å². The molecule has 0 aliphatic rings. The molecular formula is C13H8Br2Cl2N2O3. The normalized spacial score (nSPS) is 11.3. The molecule has 0 aliphatic carbocycles. The molecule has 2 aromatic rings. The maximum Gasteiger partial charge on any atom is 0.291 e. The number of halogens is 4. The summed E-state index contributed by atoms with van der Waals surface area (Å²) >= 11 is 18.0. The lowest BCUT2D eigenvalue weighted by Crippen LogP contribution is -2.38. The third kappa shape index (κ3) is 3.53. The van der Waals surface area contributed by atoms with Crippen molar-refractivity contribution >= 4 is 60.8 Å². The average Bonchev–Trinajstić information content (AvgIpc) is 2.46. The standard InChI is InChI=1S/C13H8Br2Cl2N2O3/c1-7(20)13(14,15)19-12(21)11(17)10(6-18-19)22-9-4-2-8(16)3-5-9/h2-6H,1H3. The van der Waals surface area contributed by atoms with Gasteiger partial charge in [0.2, 0.25) is 3.36 Å². The van der Waals surface area contributed by atoms with Gasteiger partial charge in [0.15, 0.2) is 16.6 Å². The van der Waals surface area contributed by atoms with Crippen LogP contribution in [-0.2, 0) is 8.15 Å². The van der Waals surface area contributed by atoms with Crippen molar-refractivity contribution in [1.82, 2.24) is 9.78 Å². The Morgan fingerprint density at radius 3 is 2.41 bits per heavy atom. The summed E-state index contributed by atoms with van der Waals surface area (Å²) in [5, 5.41) is 4.25. The number of hydrogen-bond acceptors (Lipinski definition) is 4. The summed E-state index contributed by atoms with van der Waals surface area (Å²) in [7, 11) is 0. The Balaban J connectivity index is 2.41. The molecule has 0 bridgehead atoms. The number of benzene rings is 1. The second-order valence-corrected chi connectivity index (χ2v) is 8.37. The Hall–Kier alpha value is -0.890. The van der Waals surface area contributed by atoms with E-state index in [1.54, 1.807) is 24.3 Å². The second-order valence-electron chi connectivity index (χ2n) is 4.19. The molecule has 0 unspecified atom stereocenters. The zero-order valence-corrected chi connectivity index (χ0v) is 15.7. The number of ketones is 1. The van der Waals surface area contributed by atoms with E-state index in [0.29, 0.717) is 10.8 Å². The van der Waals surface area contributed by atoms with Crippen LogP contribution < -0.4 is 10.3 Å². The van der Waals surface area contributed by atoms with Gasteiger partial charge in [-0.1, -0.05) is 23.2 Å². The van der Waals surface area contributed by atoms with Gasteiger partial charge in [0.05, 0.1) is 6.20 Å². The molecule has 1 heterocycles. The third-order valence-corrected chi connectivity index (χ3v) is 5.01. The monoisotopic (exact) mass is 468 g/mol. The van der Waals surface area contributed by atoms with E-state index in [2.05, 4.69) is 37.0 Å². The van der Waals surface area contributed by atoms with Gasteiger partial charge in [-0.3, -0.25) is 9.59 Å². The summed E-state index contributed by atoms with van der Waals surface area (Å²) in [5.41, 5.74) is -0.683. The van der Waals surface area contributed by atoms with Crippen molar-refractivity contribution in [2.45, 2.75) is 10.3 Å². The number of ether oxygens (including phenoxy) is 1. The minimum Gasteiger partial charge on any atom is -0.454 e. The van der Waals surface area contributed by atoms with Crippen molar-refractivity contribution in [3.05, 3.63) is 50.9 Å². The molecule has 0 amide bonds. The predicted molar refractivity (Wildman–Crippen MR) is 91.5 cm³/mol. The zero-order valence-electron chi connectivity index (χ0n) is 11.0. The van der Waals surface area contributed by atoms with E-state index in [-0.39, 0.29) is 16.6 Å². The van der Waals surface area contributed by atoms with Crippen LogP contribution in [0.4, 0.5) is 0 Å². The van der Waals surface area contributed by atoms with E-state index in [0.717, 1.165) is 4.68 Å². The van der Waals surface area contributed by atoms with Crippen molar-refractivity contribution in [1.29, 1.82) is 0 Å². The molecule has 116 valence electrons. The third-order valence-electron chi connectivity index (χ3n) is 2.62. The van der Waals surface area contributed by atoms with Gasteiger partial charge in [0.25, 0.3) is 5.56 Å². The lowest BCUT2D eigenvalue weighted by Gasteiger charge is -2.19. The Bertz CT molecular complexity index is 776. The maximum atomic E-state index is 12.2. The van der Waals surface area contributed by atoms with Gasteiger partial charge in [-0.2, -0.15) is 9.78 Å². The Kier molecular flexibility index (Phi) is 5.32. The van der Waals surface area contributed by atoms with Crippen molar-refractivity contribution in [2.75, 3.05) is 0 Å². The first-order chi connectivity index (χ1) is 10.2. The minimum absolute atomic E-state index is 0.0737. The van der Waals surface area contributed by atoms with E-state index in [9.17, 15) is 9.59 Å². The number of nitrogens with zero attached hydrogens (tertiary/aromatic N) is 2. The Morgan fingerprint density at radius 2 is 1.86 bits per heavy atom.